The fourth-order valence-corrected chi connectivity index (χ4v) is 2.03. The summed E-state index contributed by atoms with van der Waals surface area (Å²) >= 11 is 0. The van der Waals surface area contributed by atoms with Gasteiger partial charge in [-0.3, -0.25) is 4.79 Å². The zero-order valence-corrected chi connectivity index (χ0v) is 9.57. The Morgan fingerprint density at radius 2 is 2.20 bits per heavy atom. The Morgan fingerprint density at radius 1 is 1.53 bits per heavy atom. The van der Waals surface area contributed by atoms with Crippen molar-refractivity contribution < 1.29 is 9.90 Å². The highest BCUT2D eigenvalue weighted by Crippen LogP contribution is 2.25. The van der Waals surface area contributed by atoms with E-state index in [2.05, 4.69) is 5.32 Å². The van der Waals surface area contributed by atoms with Crippen LogP contribution >= 0.6 is 0 Å². The minimum Gasteiger partial charge on any atom is -0.396 e. The second kappa shape index (κ2) is 5.47. The quantitative estimate of drug-likeness (QED) is 0.628. The molecule has 0 aliphatic heterocycles. The van der Waals surface area contributed by atoms with Crippen LogP contribution in [0, 0.1) is 11.8 Å². The Hall–Kier alpha value is -0.610. The van der Waals surface area contributed by atoms with Gasteiger partial charge in [0.15, 0.2) is 0 Å². The number of nitrogens with one attached hydrogen (secondary N) is 1. The van der Waals surface area contributed by atoms with Crippen LogP contribution in [0.1, 0.15) is 33.1 Å². The second-order valence-electron chi connectivity index (χ2n) is 4.76. The standard InChI is InChI=1S/C11H22N2O2/c1-7(2)10(12)11(15)13-9-5-3-4-8(9)6-14/h7-10,14H,3-6,12H2,1-2H3,(H,13,15)/t8?,9?,10-/m1/s1. The van der Waals surface area contributed by atoms with Gasteiger partial charge >= 0.3 is 0 Å². The van der Waals surface area contributed by atoms with Crippen molar-refractivity contribution in [2.24, 2.45) is 17.6 Å². The van der Waals surface area contributed by atoms with E-state index < -0.39 is 6.04 Å². The minimum atomic E-state index is -0.440. The summed E-state index contributed by atoms with van der Waals surface area (Å²) in [6.45, 7) is 4.02. The lowest BCUT2D eigenvalue weighted by molar-refractivity contribution is -0.124. The van der Waals surface area contributed by atoms with Crippen molar-refractivity contribution in [3.63, 3.8) is 0 Å². The summed E-state index contributed by atoms with van der Waals surface area (Å²) in [6.07, 6.45) is 3.03. The molecule has 0 saturated heterocycles. The van der Waals surface area contributed by atoms with E-state index in [-0.39, 0.29) is 30.4 Å². The highest BCUT2D eigenvalue weighted by Gasteiger charge is 2.29. The normalized spacial score (nSPS) is 28.1. The van der Waals surface area contributed by atoms with Crippen LogP contribution < -0.4 is 11.1 Å². The van der Waals surface area contributed by atoms with Gasteiger partial charge in [0.2, 0.25) is 5.91 Å². The topological polar surface area (TPSA) is 75.4 Å². The van der Waals surface area contributed by atoms with Crippen molar-refractivity contribution in [3.8, 4) is 0 Å². The molecule has 1 rings (SSSR count). The molecule has 0 aromatic rings. The summed E-state index contributed by atoms with van der Waals surface area (Å²) in [5.74, 6) is 0.280. The third-order valence-electron chi connectivity index (χ3n) is 3.24. The van der Waals surface area contributed by atoms with Crippen LogP contribution in [0.5, 0.6) is 0 Å². The van der Waals surface area contributed by atoms with Crippen molar-refractivity contribution >= 4 is 5.91 Å². The molecule has 1 saturated carbocycles. The van der Waals surface area contributed by atoms with E-state index in [0.717, 1.165) is 19.3 Å². The molecule has 1 amide bonds. The van der Waals surface area contributed by atoms with Gasteiger partial charge in [0.25, 0.3) is 0 Å². The molecule has 4 nitrogen and oxygen atoms in total. The van der Waals surface area contributed by atoms with Crippen LogP contribution in [-0.2, 0) is 4.79 Å². The van der Waals surface area contributed by atoms with Gasteiger partial charge in [-0.1, -0.05) is 20.3 Å². The first-order valence-electron chi connectivity index (χ1n) is 5.73. The van der Waals surface area contributed by atoms with Gasteiger partial charge in [-0.25, -0.2) is 0 Å². The Balaban J connectivity index is 2.43. The van der Waals surface area contributed by atoms with Crippen molar-refractivity contribution in [1.82, 2.24) is 5.32 Å². The lowest BCUT2D eigenvalue weighted by Crippen LogP contribution is -2.49. The zero-order chi connectivity index (χ0) is 11.4. The number of carbonyl (C=O) groups is 1. The van der Waals surface area contributed by atoms with E-state index in [4.69, 9.17) is 10.8 Å². The fraction of sp³-hybridized carbons (Fsp3) is 0.909. The molecule has 0 heterocycles. The molecule has 0 spiro atoms. The van der Waals surface area contributed by atoms with Crippen LogP contribution in [0.4, 0.5) is 0 Å². The third kappa shape index (κ3) is 3.18. The van der Waals surface area contributed by atoms with E-state index in [0.29, 0.717) is 0 Å². The molecule has 88 valence electrons. The van der Waals surface area contributed by atoms with Crippen molar-refractivity contribution in [3.05, 3.63) is 0 Å². The Kier molecular flexibility index (Phi) is 4.54. The summed E-state index contributed by atoms with van der Waals surface area (Å²) in [5.41, 5.74) is 5.75. The molecule has 3 atom stereocenters. The van der Waals surface area contributed by atoms with Gasteiger partial charge in [0.1, 0.15) is 0 Å². The van der Waals surface area contributed by atoms with Gasteiger partial charge in [-0.2, -0.15) is 0 Å². The highest BCUT2D eigenvalue weighted by molar-refractivity contribution is 5.82. The molecular formula is C11H22N2O2. The molecule has 1 aliphatic rings. The average Bonchev–Trinajstić information content (AvgIpc) is 2.63. The average molecular weight is 214 g/mol. The smallest absolute Gasteiger partial charge is 0.237 e. The number of rotatable bonds is 4. The van der Waals surface area contributed by atoms with Crippen LogP contribution in [0.3, 0.4) is 0 Å². The number of carbonyl (C=O) groups excluding carboxylic acids is 1. The van der Waals surface area contributed by atoms with Gasteiger partial charge in [0, 0.05) is 18.6 Å². The molecule has 0 bridgehead atoms. The van der Waals surface area contributed by atoms with Crippen molar-refractivity contribution in [1.29, 1.82) is 0 Å². The second-order valence-corrected chi connectivity index (χ2v) is 4.76. The largest absolute Gasteiger partial charge is 0.396 e. The van der Waals surface area contributed by atoms with E-state index in [1.807, 2.05) is 13.8 Å². The van der Waals surface area contributed by atoms with Crippen molar-refractivity contribution in [2.45, 2.75) is 45.2 Å². The van der Waals surface area contributed by atoms with Gasteiger partial charge in [-0.15, -0.1) is 0 Å². The molecular weight excluding hydrogens is 192 g/mol. The number of hydrogen-bond donors (Lipinski definition) is 3. The summed E-state index contributed by atoms with van der Waals surface area (Å²) < 4.78 is 0. The predicted molar refractivity (Wildman–Crippen MR) is 59.2 cm³/mol. The van der Waals surface area contributed by atoms with Crippen molar-refractivity contribution in [2.75, 3.05) is 6.61 Å². The minimum absolute atomic E-state index is 0.0876. The highest BCUT2D eigenvalue weighted by atomic mass is 16.3. The molecule has 0 radical (unpaired) electrons. The summed E-state index contributed by atoms with van der Waals surface area (Å²) in [4.78, 5) is 11.7. The monoisotopic (exact) mass is 214 g/mol. The number of amides is 1. The van der Waals surface area contributed by atoms with E-state index >= 15 is 0 Å². The molecule has 1 aliphatic carbocycles. The van der Waals surface area contributed by atoms with E-state index in [1.54, 1.807) is 0 Å². The summed E-state index contributed by atoms with van der Waals surface area (Å²) in [5, 5.41) is 12.1. The number of nitrogens with two attached hydrogens (primary N) is 1. The first-order chi connectivity index (χ1) is 7.06. The van der Waals surface area contributed by atoms with E-state index in [1.165, 1.54) is 0 Å². The first kappa shape index (κ1) is 12.5. The maximum Gasteiger partial charge on any atom is 0.237 e. The number of hydrogen-bond acceptors (Lipinski definition) is 3. The molecule has 2 unspecified atom stereocenters. The van der Waals surface area contributed by atoms with Crippen LogP contribution in [0.25, 0.3) is 0 Å². The molecule has 15 heavy (non-hydrogen) atoms. The Morgan fingerprint density at radius 3 is 2.73 bits per heavy atom. The first-order valence-corrected chi connectivity index (χ1v) is 5.73. The molecule has 4 heteroatoms. The molecule has 0 aromatic heterocycles. The maximum atomic E-state index is 11.7. The van der Waals surface area contributed by atoms with E-state index in [9.17, 15) is 4.79 Å². The lowest BCUT2D eigenvalue weighted by Gasteiger charge is -2.22. The fourth-order valence-electron chi connectivity index (χ4n) is 2.03. The van der Waals surface area contributed by atoms with Gasteiger partial charge in [0.05, 0.1) is 6.04 Å². The summed E-state index contributed by atoms with van der Waals surface area (Å²) in [7, 11) is 0. The Bertz CT molecular complexity index is 219. The molecule has 0 aromatic carbocycles. The number of aliphatic hydroxyl groups excluding tert-OH is 1. The van der Waals surface area contributed by atoms with Gasteiger partial charge < -0.3 is 16.2 Å². The Labute approximate surface area is 91.2 Å². The summed E-state index contributed by atoms with van der Waals surface area (Å²) in [6, 6.07) is -0.322. The maximum absolute atomic E-state index is 11.7. The number of aliphatic hydroxyl groups is 1. The van der Waals surface area contributed by atoms with Crippen LogP contribution in [0.2, 0.25) is 0 Å². The van der Waals surface area contributed by atoms with Gasteiger partial charge in [-0.05, 0) is 18.8 Å². The zero-order valence-electron chi connectivity index (χ0n) is 9.57. The molecule has 1 fully saturated rings. The third-order valence-corrected chi connectivity index (χ3v) is 3.24. The lowest BCUT2D eigenvalue weighted by atomic mass is 10.0. The van der Waals surface area contributed by atoms with Crippen LogP contribution in [0.15, 0.2) is 0 Å². The predicted octanol–water partition coefficient (Wildman–Crippen LogP) is 0.247. The SMILES string of the molecule is CC(C)[C@@H](N)C(=O)NC1CCCC1CO. The van der Waals surface area contributed by atoms with Crippen LogP contribution in [-0.4, -0.2) is 29.7 Å². The molecule has 4 N–H and O–H groups in total.